The van der Waals surface area contributed by atoms with Crippen molar-refractivity contribution >= 4 is 25.6 Å². The molecule has 4 nitrogen and oxygen atoms in total. The highest BCUT2D eigenvalue weighted by Gasteiger charge is 2.36. The average molecular weight is 393 g/mol. The Balaban J connectivity index is 2.08. The summed E-state index contributed by atoms with van der Waals surface area (Å²) in [4.78, 5) is 4.26. The van der Waals surface area contributed by atoms with Gasteiger partial charge in [0.25, 0.3) is 0 Å². The van der Waals surface area contributed by atoms with E-state index in [1.54, 1.807) is 0 Å². The lowest BCUT2D eigenvalue weighted by molar-refractivity contribution is 0.199. The zero-order valence-corrected chi connectivity index (χ0v) is 18.3. The van der Waals surface area contributed by atoms with E-state index in [0.29, 0.717) is 29.9 Å². The van der Waals surface area contributed by atoms with E-state index < -0.39 is 8.32 Å². The number of ether oxygens (including phenoxy) is 1. The van der Waals surface area contributed by atoms with Crippen LogP contribution in [-0.2, 0) is 4.43 Å². The van der Waals surface area contributed by atoms with Gasteiger partial charge in [0.2, 0.25) is 5.88 Å². The van der Waals surface area contributed by atoms with Crippen molar-refractivity contribution in [1.82, 2.24) is 4.98 Å². The molecule has 0 aliphatic rings. The van der Waals surface area contributed by atoms with Crippen LogP contribution in [0.25, 0.3) is 11.1 Å². The number of hydrogen-bond donors (Lipinski definition) is 1. The van der Waals surface area contributed by atoms with Crippen molar-refractivity contribution in [3.05, 3.63) is 41.0 Å². The molecular weight excluding hydrogens is 364 g/mol. The second-order valence-electron chi connectivity index (χ2n) is 8.05. The van der Waals surface area contributed by atoms with Crippen LogP contribution >= 0.6 is 11.6 Å². The van der Waals surface area contributed by atoms with Crippen LogP contribution in [0, 0.1) is 6.92 Å². The van der Waals surface area contributed by atoms with Crippen molar-refractivity contribution in [2.24, 2.45) is 0 Å². The molecule has 0 fully saturated rings. The molecule has 0 saturated carbocycles. The lowest BCUT2D eigenvalue weighted by Crippen LogP contribution is -2.41. The van der Waals surface area contributed by atoms with Gasteiger partial charge >= 0.3 is 0 Å². The van der Waals surface area contributed by atoms with Gasteiger partial charge in [0.1, 0.15) is 11.8 Å². The van der Waals surface area contributed by atoms with Gasteiger partial charge in [-0.3, -0.25) is 0 Å². The van der Waals surface area contributed by atoms with E-state index in [1.807, 2.05) is 37.3 Å². The first kappa shape index (κ1) is 20.7. The number of hydrogen-bond acceptors (Lipinski definition) is 4. The third kappa shape index (κ3) is 5.22. The summed E-state index contributed by atoms with van der Waals surface area (Å²) in [5.41, 5.74) is 9.72. The number of anilines is 1. The van der Waals surface area contributed by atoms with Gasteiger partial charge in [-0.05, 0) is 59.9 Å². The summed E-state index contributed by atoms with van der Waals surface area (Å²) in [5.74, 6) is 0.494. The van der Waals surface area contributed by atoms with Crippen molar-refractivity contribution < 1.29 is 9.16 Å². The molecule has 2 N–H and O–H groups in total. The summed E-state index contributed by atoms with van der Waals surface area (Å²) in [7, 11) is -1.77. The van der Waals surface area contributed by atoms with Crippen molar-refractivity contribution in [3.63, 3.8) is 0 Å². The molecule has 0 saturated heterocycles. The largest absolute Gasteiger partial charge is 0.475 e. The number of aromatic nitrogens is 1. The third-order valence-electron chi connectivity index (χ3n) is 4.95. The molecule has 0 amide bonds. The first-order chi connectivity index (χ1) is 12.0. The van der Waals surface area contributed by atoms with Gasteiger partial charge in [-0.1, -0.05) is 38.4 Å². The topological polar surface area (TPSA) is 57.4 Å². The van der Waals surface area contributed by atoms with Gasteiger partial charge < -0.3 is 14.9 Å². The highest BCUT2D eigenvalue weighted by atomic mass is 35.5. The minimum absolute atomic E-state index is 0.180. The SMILES string of the molecule is Cc1ccc(N)cc1-c1cc(Cl)nc(OCCO[Si](C)(C)C(C)(C)C)c1. The highest BCUT2D eigenvalue weighted by Crippen LogP contribution is 2.36. The Morgan fingerprint density at radius 1 is 1.12 bits per heavy atom. The van der Waals surface area contributed by atoms with Crippen LogP contribution in [0.1, 0.15) is 26.3 Å². The van der Waals surface area contributed by atoms with Gasteiger partial charge in [-0.15, -0.1) is 0 Å². The average Bonchev–Trinajstić information content (AvgIpc) is 2.52. The standard InChI is InChI=1S/C20H29ClN2O2Si/c1-14-7-8-16(22)13-17(14)15-11-18(21)23-19(12-15)24-9-10-25-26(5,6)20(2,3)4/h7-8,11-13H,9-10,22H2,1-6H3. The highest BCUT2D eigenvalue weighted by molar-refractivity contribution is 6.74. The lowest BCUT2D eigenvalue weighted by Gasteiger charge is -2.36. The summed E-state index contributed by atoms with van der Waals surface area (Å²) in [6.07, 6.45) is 0. The van der Waals surface area contributed by atoms with Crippen LogP contribution in [-0.4, -0.2) is 26.5 Å². The van der Waals surface area contributed by atoms with Crippen LogP contribution in [0.5, 0.6) is 5.88 Å². The van der Waals surface area contributed by atoms with Gasteiger partial charge in [0.05, 0.1) is 6.61 Å². The normalized spacial score (nSPS) is 12.3. The Labute approximate surface area is 162 Å². The Kier molecular flexibility index (Phi) is 6.37. The maximum atomic E-state index is 6.19. The molecular formula is C20H29ClN2O2Si. The van der Waals surface area contributed by atoms with E-state index in [4.69, 9.17) is 26.5 Å². The van der Waals surface area contributed by atoms with Crippen molar-refractivity contribution in [2.45, 2.75) is 45.8 Å². The molecule has 0 unspecified atom stereocenters. The predicted octanol–water partition coefficient (Wildman–Crippen LogP) is 5.69. The van der Waals surface area contributed by atoms with E-state index in [2.05, 4.69) is 38.8 Å². The number of aryl methyl sites for hydroxylation is 1. The van der Waals surface area contributed by atoms with Gasteiger partial charge in [0, 0.05) is 11.8 Å². The molecule has 6 heteroatoms. The Morgan fingerprint density at radius 2 is 1.81 bits per heavy atom. The van der Waals surface area contributed by atoms with E-state index in [9.17, 15) is 0 Å². The van der Waals surface area contributed by atoms with E-state index in [-0.39, 0.29) is 5.04 Å². The molecule has 1 heterocycles. The third-order valence-corrected chi connectivity index (χ3v) is 9.68. The van der Waals surface area contributed by atoms with Gasteiger partial charge in [-0.25, -0.2) is 4.98 Å². The number of rotatable bonds is 6. The summed E-state index contributed by atoms with van der Waals surface area (Å²) >= 11 is 6.19. The molecule has 2 rings (SSSR count). The Morgan fingerprint density at radius 3 is 2.46 bits per heavy atom. The minimum atomic E-state index is -1.77. The molecule has 0 spiro atoms. The maximum Gasteiger partial charge on any atom is 0.215 e. The summed E-state index contributed by atoms with van der Waals surface area (Å²) < 4.78 is 11.9. The fourth-order valence-electron chi connectivity index (χ4n) is 2.31. The molecule has 26 heavy (non-hydrogen) atoms. The first-order valence-corrected chi connectivity index (χ1v) is 12.1. The maximum absolute atomic E-state index is 6.19. The zero-order valence-electron chi connectivity index (χ0n) is 16.5. The molecule has 1 aromatic heterocycles. The number of nitrogen functional groups attached to an aromatic ring is 1. The number of benzene rings is 1. The van der Waals surface area contributed by atoms with Crippen molar-refractivity contribution in [2.75, 3.05) is 18.9 Å². The van der Waals surface area contributed by atoms with E-state index in [0.717, 1.165) is 16.7 Å². The monoisotopic (exact) mass is 392 g/mol. The molecule has 0 aliphatic carbocycles. The number of nitrogens with two attached hydrogens (primary N) is 1. The van der Waals surface area contributed by atoms with E-state index in [1.165, 1.54) is 0 Å². The van der Waals surface area contributed by atoms with Crippen LogP contribution in [0.3, 0.4) is 0 Å². The van der Waals surface area contributed by atoms with E-state index >= 15 is 0 Å². The molecule has 0 bridgehead atoms. The second kappa shape index (κ2) is 7.99. The lowest BCUT2D eigenvalue weighted by atomic mass is 10.0. The quantitative estimate of drug-likeness (QED) is 0.297. The number of halogens is 1. The van der Waals surface area contributed by atoms with Crippen LogP contribution in [0.4, 0.5) is 5.69 Å². The van der Waals surface area contributed by atoms with Crippen molar-refractivity contribution in [1.29, 1.82) is 0 Å². The number of nitrogens with zero attached hydrogens (tertiary/aromatic N) is 1. The Hall–Kier alpha value is -1.56. The predicted molar refractivity (Wildman–Crippen MR) is 112 cm³/mol. The molecule has 1 aromatic carbocycles. The van der Waals surface area contributed by atoms with Crippen molar-refractivity contribution in [3.8, 4) is 17.0 Å². The van der Waals surface area contributed by atoms with Crippen LogP contribution in [0.2, 0.25) is 23.3 Å². The molecule has 0 radical (unpaired) electrons. The first-order valence-electron chi connectivity index (χ1n) is 8.80. The fraction of sp³-hybridized carbons (Fsp3) is 0.450. The minimum Gasteiger partial charge on any atom is -0.475 e. The molecule has 2 aromatic rings. The second-order valence-corrected chi connectivity index (χ2v) is 13.2. The Bertz CT molecular complexity index is 773. The van der Waals surface area contributed by atoms with Crippen LogP contribution in [0.15, 0.2) is 30.3 Å². The van der Waals surface area contributed by atoms with Gasteiger partial charge in [-0.2, -0.15) is 0 Å². The van der Waals surface area contributed by atoms with Crippen LogP contribution < -0.4 is 10.5 Å². The zero-order chi connectivity index (χ0) is 19.5. The van der Waals surface area contributed by atoms with Gasteiger partial charge in [0.15, 0.2) is 8.32 Å². The summed E-state index contributed by atoms with van der Waals surface area (Å²) in [5, 5.41) is 0.573. The smallest absolute Gasteiger partial charge is 0.215 e. The summed E-state index contributed by atoms with van der Waals surface area (Å²) in [6.45, 7) is 14.1. The molecule has 0 atom stereocenters. The number of pyridine rings is 1. The molecule has 142 valence electrons. The fourth-order valence-corrected chi connectivity index (χ4v) is 3.54. The molecule has 0 aliphatic heterocycles. The summed E-state index contributed by atoms with van der Waals surface area (Å²) in [6, 6.07) is 9.53.